The van der Waals surface area contributed by atoms with Crippen LogP contribution in [0, 0.1) is 19.8 Å². The topological polar surface area (TPSA) is 46.1 Å². The number of hydrogen-bond donors (Lipinski definition) is 0. The first-order valence-corrected chi connectivity index (χ1v) is 8.99. The first-order chi connectivity index (χ1) is 11.0. The van der Waals surface area contributed by atoms with E-state index in [1.165, 1.54) is 16.9 Å². The lowest BCUT2D eigenvalue weighted by molar-refractivity contribution is -0.130. The van der Waals surface area contributed by atoms with E-state index >= 15 is 0 Å². The predicted molar refractivity (Wildman–Crippen MR) is 93.5 cm³/mol. The smallest absolute Gasteiger partial charge is 0.219 e. The first kappa shape index (κ1) is 16.1. The van der Waals surface area contributed by atoms with Gasteiger partial charge in [-0.3, -0.25) is 9.78 Å². The van der Waals surface area contributed by atoms with Crippen LogP contribution in [-0.4, -0.2) is 33.9 Å². The Kier molecular flexibility index (Phi) is 4.76. The van der Waals surface area contributed by atoms with Gasteiger partial charge in [0.2, 0.25) is 5.91 Å². The van der Waals surface area contributed by atoms with E-state index < -0.39 is 0 Å². The van der Waals surface area contributed by atoms with E-state index in [-0.39, 0.29) is 5.91 Å². The molecule has 2 aromatic rings. The highest BCUT2D eigenvalue weighted by atomic mass is 32.1. The van der Waals surface area contributed by atoms with Crippen LogP contribution in [0.25, 0.3) is 10.7 Å². The summed E-state index contributed by atoms with van der Waals surface area (Å²) in [6, 6.07) is 4.24. The monoisotopic (exact) mass is 329 g/mol. The number of aromatic nitrogens is 2. The van der Waals surface area contributed by atoms with Crippen molar-refractivity contribution in [1.29, 1.82) is 0 Å². The molecule has 122 valence electrons. The number of piperidine rings is 1. The van der Waals surface area contributed by atoms with E-state index in [0.29, 0.717) is 5.92 Å². The molecule has 5 heteroatoms. The SMILES string of the molecule is CC(=O)N1CCC[C@H](Cc2ccnc(-c3nc(C)c(C)s3)c2)C1. The van der Waals surface area contributed by atoms with Crippen LogP contribution in [0.4, 0.5) is 0 Å². The van der Waals surface area contributed by atoms with Crippen LogP contribution in [0.1, 0.15) is 35.9 Å². The maximum Gasteiger partial charge on any atom is 0.219 e. The Morgan fingerprint density at radius 1 is 1.43 bits per heavy atom. The third kappa shape index (κ3) is 3.78. The Morgan fingerprint density at radius 3 is 2.96 bits per heavy atom. The van der Waals surface area contributed by atoms with Gasteiger partial charge < -0.3 is 4.90 Å². The molecule has 1 aliphatic heterocycles. The van der Waals surface area contributed by atoms with Gasteiger partial charge in [0.1, 0.15) is 5.01 Å². The number of pyridine rings is 1. The summed E-state index contributed by atoms with van der Waals surface area (Å²) in [6.45, 7) is 7.59. The molecule has 0 aliphatic carbocycles. The van der Waals surface area contributed by atoms with E-state index in [1.807, 2.05) is 18.0 Å². The summed E-state index contributed by atoms with van der Waals surface area (Å²) < 4.78 is 0. The van der Waals surface area contributed by atoms with Crippen molar-refractivity contribution in [2.24, 2.45) is 5.92 Å². The van der Waals surface area contributed by atoms with Crippen LogP contribution in [-0.2, 0) is 11.2 Å². The molecule has 0 aromatic carbocycles. The maximum absolute atomic E-state index is 11.6. The van der Waals surface area contributed by atoms with Crippen LogP contribution < -0.4 is 0 Å². The molecule has 1 atom stereocenters. The second-order valence-corrected chi connectivity index (χ2v) is 7.59. The normalized spacial score (nSPS) is 18.2. The molecule has 1 fully saturated rings. The van der Waals surface area contributed by atoms with Gasteiger partial charge in [0, 0.05) is 31.1 Å². The van der Waals surface area contributed by atoms with Crippen LogP contribution in [0.5, 0.6) is 0 Å². The molecule has 1 amide bonds. The Bertz CT molecular complexity index is 691. The second kappa shape index (κ2) is 6.79. The highest BCUT2D eigenvalue weighted by molar-refractivity contribution is 7.15. The Hall–Kier alpha value is -1.75. The molecule has 3 rings (SSSR count). The number of carbonyl (C=O) groups excluding carboxylic acids is 1. The molecule has 0 bridgehead atoms. The molecule has 4 nitrogen and oxygen atoms in total. The molecule has 0 N–H and O–H groups in total. The van der Waals surface area contributed by atoms with Gasteiger partial charge in [-0.1, -0.05) is 0 Å². The Morgan fingerprint density at radius 2 is 2.26 bits per heavy atom. The number of nitrogens with zero attached hydrogens (tertiary/aromatic N) is 3. The third-order valence-corrected chi connectivity index (χ3v) is 5.66. The van der Waals surface area contributed by atoms with E-state index in [4.69, 9.17) is 0 Å². The molecular formula is C18H23N3OS. The largest absolute Gasteiger partial charge is 0.343 e. The van der Waals surface area contributed by atoms with Crippen LogP contribution in [0.2, 0.25) is 0 Å². The summed E-state index contributed by atoms with van der Waals surface area (Å²) in [4.78, 5) is 23.9. The molecule has 0 saturated carbocycles. The van der Waals surface area contributed by atoms with E-state index in [2.05, 4.69) is 29.0 Å². The highest BCUT2D eigenvalue weighted by Gasteiger charge is 2.22. The lowest BCUT2D eigenvalue weighted by Gasteiger charge is -2.32. The lowest BCUT2D eigenvalue weighted by Crippen LogP contribution is -2.39. The van der Waals surface area contributed by atoms with Crippen molar-refractivity contribution in [3.63, 3.8) is 0 Å². The maximum atomic E-state index is 11.6. The van der Waals surface area contributed by atoms with Gasteiger partial charge in [-0.15, -0.1) is 11.3 Å². The quantitative estimate of drug-likeness (QED) is 0.864. The molecule has 23 heavy (non-hydrogen) atoms. The minimum Gasteiger partial charge on any atom is -0.343 e. The molecule has 3 heterocycles. The third-order valence-electron chi connectivity index (χ3n) is 4.56. The van der Waals surface area contributed by atoms with Crippen molar-refractivity contribution >= 4 is 17.2 Å². The average Bonchev–Trinajstić information content (AvgIpc) is 2.87. The van der Waals surface area contributed by atoms with Crippen molar-refractivity contribution in [2.45, 2.75) is 40.0 Å². The summed E-state index contributed by atoms with van der Waals surface area (Å²) in [5.74, 6) is 0.738. The standard InChI is InChI=1S/C18H23N3OS/c1-12-13(2)23-18(20-12)17-10-15(6-7-19-17)9-16-5-4-8-21(11-16)14(3)22/h6-7,10,16H,4-5,8-9,11H2,1-3H3/t16-/m1/s1. The fraction of sp³-hybridized carbons (Fsp3) is 0.500. The average molecular weight is 329 g/mol. The Balaban J connectivity index is 1.74. The minimum atomic E-state index is 0.193. The summed E-state index contributed by atoms with van der Waals surface area (Å²) in [5.41, 5.74) is 3.33. The molecule has 0 spiro atoms. The molecule has 0 unspecified atom stereocenters. The van der Waals surface area contributed by atoms with E-state index in [0.717, 1.165) is 42.3 Å². The molecular weight excluding hydrogens is 306 g/mol. The fourth-order valence-electron chi connectivity index (χ4n) is 3.15. The van der Waals surface area contributed by atoms with E-state index in [1.54, 1.807) is 18.3 Å². The van der Waals surface area contributed by atoms with Crippen molar-refractivity contribution < 1.29 is 4.79 Å². The molecule has 1 saturated heterocycles. The van der Waals surface area contributed by atoms with Gasteiger partial charge in [0.05, 0.1) is 11.4 Å². The van der Waals surface area contributed by atoms with Gasteiger partial charge >= 0.3 is 0 Å². The lowest BCUT2D eigenvalue weighted by atomic mass is 9.91. The van der Waals surface area contributed by atoms with Crippen LogP contribution >= 0.6 is 11.3 Å². The summed E-state index contributed by atoms with van der Waals surface area (Å²) in [7, 11) is 0. The second-order valence-electron chi connectivity index (χ2n) is 6.39. The summed E-state index contributed by atoms with van der Waals surface area (Å²) >= 11 is 1.70. The van der Waals surface area contributed by atoms with Gasteiger partial charge in [-0.25, -0.2) is 4.98 Å². The Labute approximate surface area is 141 Å². The number of likely N-dealkylation sites (tertiary alicyclic amines) is 1. The molecule has 1 aliphatic rings. The number of aryl methyl sites for hydroxylation is 2. The zero-order valence-electron chi connectivity index (χ0n) is 14.0. The predicted octanol–water partition coefficient (Wildman–Crippen LogP) is 3.62. The highest BCUT2D eigenvalue weighted by Crippen LogP contribution is 2.27. The van der Waals surface area contributed by atoms with Gasteiger partial charge in [0.25, 0.3) is 0 Å². The van der Waals surface area contributed by atoms with Gasteiger partial charge in [-0.05, 0) is 56.7 Å². The molecule has 2 aromatic heterocycles. The van der Waals surface area contributed by atoms with Crippen molar-refractivity contribution in [3.05, 3.63) is 34.5 Å². The number of amides is 1. The summed E-state index contributed by atoms with van der Waals surface area (Å²) in [5, 5.41) is 0.996. The zero-order chi connectivity index (χ0) is 16.4. The molecule has 0 radical (unpaired) electrons. The van der Waals surface area contributed by atoms with Gasteiger partial charge in [-0.2, -0.15) is 0 Å². The number of rotatable bonds is 3. The van der Waals surface area contributed by atoms with Gasteiger partial charge in [0.15, 0.2) is 0 Å². The van der Waals surface area contributed by atoms with Crippen LogP contribution in [0.3, 0.4) is 0 Å². The van der Waals surface area contributed by atoms with Crippen molar-refractivity contribution in [3.8, 4) is 10.7 Å². The number of thiazole rings is 1. The first-order valence-electron chi connectivity index (χ1n) is 8.18. The minimum absolute atomic E-state index is 0.193. The number of carbonyl (C=O) groups is 1. The van der Waals surface area contributed by atoms with E-state index in [9.17, 15) is 4.79 Å². The fourth-order valence-corrected chi connectivity index (χ4v) is 4.03. The van der Waals surface area contributed by atoms with Crippen molar-refractivity contribution in [1.82, 2.24) is 14.9 Å². The number of hydrogen-bond acceptors (Lipinski definition) is 4. The zero-order valence-corrected chi connectivity index (χ0v) is 14.8. The van der Waals surface area contributed by atoms with Crippen LogP contribution in [0.15, 0.2) is 18.3 Å². The summed E-state index contributed by atoms with van der Waals surface area (Å²) in [6.07, 6.45) is 5.18. The van der Waals surface area contributed by atoms with Crippen molar-refractivity contribution in [2.75, 3.05) is 13.1 Å².